The van der Waals surface area contributed by atoms with Gasteiger partial charge in [0.15, 0.2) is 0 Å². The fourth-order valence-corrected chi connectivity index (χ4v) is 4.37. The van der Waals surface area contributed by atoms with Gasteiger partial charge in [-0.3, -0.25) is 4.79 Å². The van der Waals surface area contributed by atoms with E-state index in [1.165, 1.54) is 11.1 Å². The second kappa shape index (κ2) is 9.25. The lowest BCUT2D eigenvalue weighted by Gasteiger charge is -2.30. The lowest BCUT2D eigenvalue weighted by Crippen LogP contribution is -2.36. The molecule has 4 aromatic rings. The highest BCUT2D eigenvalue weighted by molar-refractivity contribution is 5.95. The van der Waals surface area contributed by atoms with Crippen molar-refractivity contribution in [3.8, 4) is 5.75 Å². The van der Waals surface area contributed by atoms with Gasteiger partial charge in [0.25, 0.3) is 5.91 Å². The van der Waals surface area contributed by atoms with Crippen LogP contribution in [-0.4, -0.2) is 22.5 Å². The molecule has 5 heteroatoms. The number of hydrogen-bond acceptors (Lipinski definition) is 4. The van der Waals surface area contributed by atoms with Gasteiger partial charge in [-0.05, 0) is 65.6 Å². The summed E-state index contributed by atoms with van der Waals surface area (Å²) in [5.41, 5.74) is 5.02. The molecule has 1 aliphatic rings. The third-order valence-electron chi connectivity index (χ3n) is 6.09. The first-order valence-corrected chi connectivity index (χ1v) is 11.2. The molecule has 0 spiro atoms. The standard InChI is InChI=1S/C28H26N2O3/c31-26-12-11-22-13-14-29(19-24(22)17-26)28(32)23-8-4-9-25(16-23)30(20-27-10-5-15-33-27)18-21-6-2-1-3-7-21/h1-12,15-17,31H,13-14,18-20H2. The molecular formula is C28H26N2O3. The van der Waals surface area contributed by atoms with E-state index in [2.05, 4.69) is 17.0 Å². The molecule has 1 aliphatic heterocycles. The minimum atomic E-state index is 0.00324. The average Bonchev–Trinajstić information content (AvgIpc) is 3.37. The van der Waals surface area contributed by atoms with E-state index in [1.807, 2.05) is 65.6 Å². The Morgan fingerprint density at radius 3 is 2.61 bits per heavy atom. The predicted octanol–water partition coefficient (Wildman–Crippen LogP) is 5.39. The fraction of sp³-hybridized carbons (Fsp3) is 0.179. The maximum Gasteiger partial charge on any atom is 0.254 e. The lowest BCUT2D eigenvalue weighted by molar-refractivity contribution is 0.0734. The monoisotopic (exact) mass is 438 g/mol. The van der Waals surface area contributed by atoms with Crippen LogP contribution in [-0.2, 0) is 26.1 Å². The summed E-state index contributed by atoms with van der Waals surface area (Å²) in [5.74, 6) is 1.11. The molecule has 1 aromatic heterocycles. The van der Waals surface area contributed by atoms with Gasteiger partial charge in [-0.25, -0.2) is 0 Å². The van der Waals surface area contributed by atoms with E-state index >= 15 is 0 Å². The van der Waals surface area contributed by atoms with Crippen molar-refractivity contribution in [1.29, 1.82) is 0 Å². The van der Waals surface area contributed by atoms with Crippen LogP contribution in [0.3, 0.4) is 0 Å². The molecule has 0 saturated heterocycles. The number of carbonyl (C=O) groups excluding carboxylic acids is 1. The minimum Gasteiger partial charge on any atom is -0.508 e. The molecule has 33 heavy (non-hydrogen) atoms. The molecule has 0 radical (unpaired) electrons. The highest BCUT2D eigenvalue weighted by atomic mass is 16.3. The molecule has 0 unspecified atom stereocenters. The van der Waals surface area contributed by atoms with Crippen molar-refractivity contribution in [2.24, 2.45) is 0 Å². The Morgan fingerprint density at radius 1 is 0.909 bits per heavy atom. The van der Waals surface area contributed by atoms with Gasteiger partial charge in [0.2, 0.25) is 0 Å². The van der Waals surface area contributed by atoms with Crippen LogP contribution in [0, 0.1) is 0 Å². The molecule has 166 valence electrons. The van der Waals surface area contributed by atoms with E-state index < -0.39 is 0 Å². The van der Waals surface area contributed by atoms with Gasteiger partial charge < -0.3 is 19.3 Å². The summed E-state index contributed by atoms with van der Waals surface area (Å²) in [6, 6.07) is 27.4. The van der Waals surface area contributed by atoms with Gasteiger partial charge in [-0.15, -0.1) is 0 Å². The zero-order chi connectivity index (χ0) is 22.6. The van der Waals surface area contributed by atoms with Crippen molar-refractivity contribution in [3.63, 3.8) is 0 Å². The van der Waals surface area contributed by atoms with Gasteiger partial charge in [-0.1, -0.05) is 42.5 Å². The molecule has 0 atom stereocenters. The fourth-order valence-electron chi connectivity index (χ4n) is 4.37. The smallest absolute Gasteiger partial charge is 0.254 e. The largest absolute Gasteiger partial charge is 0.508 e. The van der Waals surface area contributed by atoms with Crippen molar-refractivity contribution in [2.75, 3.05) is 11.4 Å². The van der Waals surface area contributed by atoms with Crippen LogP contribution in [0.1, 0.15) is 32.8 Å². The molecule has 5 rings (SSSR count). The minimum absolute atomic E-state index is 0.00324. The van der Waals surface area contributed by atoms with E-state index in [9.17, 15) is 9.90 Å². The number of anilines is 1. The van der Waals surface area contributed by atoms with Gasteiger partial charge in [-0.2, -0.15) is 0 Å². The van der Waals surface area contributed by atoms with Crippen molar-refractivity contribution in [3.05, 3.63) is 119 Å². The Labute approximate surface area is 193 Å². The quantitative estimate of drug-likeness (QED) is 0.439. The second-order valence-corrected chi connectivity index (χ2v) is 8.40. The maximum atomic E-state index is 13.4. The van der Waals surface area contributed by atoms with Gasteiger partial charge in [0.05, 0.1) is 12.8 Å². The number of phenolic OH excluding ortho intramolecular Hbond substituents is 1. The van der Waals surface area contributed by atoms with E-state index in [4.69, 9.17) is 4.42 Å². The van der Waals surface area contributed by atoms with Gasteiger partial charge in [0.1, 0.15) is 11.5 Å². The van der Waals surface area contributed by atoms with Crippen LogP contribution in [0.25, 0.3) is 0 Å². The number of rotatable bonds is 6. The summed E-state index contributed by atoms with van der Waals surface area (Å²) >= 11 is 0. The summed E-state index contributed by atoms with van der Waals surface area (Å²) in [7, 11) is 0. The Hall–Kier alpha value is -3.99. The van der Waals surface area contributed by atoms with Crippen LogP contribution >= 0.6 is 0 Å². The number of furan rings is 1. The van der Waals surface area contributed by atoms with Crippen LogP contribution in [0.15, 0.2) is 95.6 Å². The zero-order valence-electron chi connectivity index (χ0n) is 18.4. The molecule has 0 saturated carbocycles. The summed E-state index contributed by atoms with van der Waals surface area (Å²) in [6.45, 7) is 2.49. The summed E-state index contributed by atoms with van der Waals surface area (Å²) in [6.07, 6.45) is 2.47. The highest BCUT2D eigenvalue weighted by Gasteiger charge is 2.23. The topological polar surface area (TPSA) is 56.9 Å². The average molecular weight is 439 g/mol. The van der Waals surface area contributed by atoms with Crippen LogP contribution in [0.4, 0.5) is 5.69 Å². The van der Waals surface area contributed by atoms with Crippen LogP contribution in [0.5, 0.6) is 5.75 Å². The number of phenols is 1. The van der Waals surface area contributed by atoms with E-state index in [1.54, 1.807) is 18.4 Å². The number of hydrogen-bond donors (Lipinski definition) is 1. The third kappa shape index (κ3) is 4.77. The summed E-state index contributed by atoms with van der Waals surface area (Å²) in [5, 5.41) is 9.84. The van der Waals surface area contributed by atoms with E-state index in [0.29, 0.717) is 31.7 Å². The number of aromatic hydroxyl groups is 1. The van der Waals surface area contributed by atoms with Crippen molar-refractivity contribution in [1.82, 2.24) is 4.90 Å². The Morgan fingerprint density at radius 2 is 1.79 bits per heavy atom. The summed E-state index contributed by atoms with van der Waals surface area (Å²) in [4.78, 5) is 17.4. The number of fused-ring (bicyclic) bond motifs is 1. The molecule has 3 aromatic carbocycles. The third-order valence-corrected chi connectivity index (χ3v) is 6.09. The normalized spacial score (nSPS) is 12.9. The molecule has 2 heterocycles. The van der Waals surface area contributed by atoms with E-state index in [-0.39, 0.29) is 11.7 Å². The Bertz CT molecular complexity index is 1240. The molecule has 0 bridgehead atoms. The zero-order valence-corrected chi connectivity index (χ0v) is 18.4. The van der Waals surface area contributed by atoms with Crippen molar-refractivity contribution < 1.29 is 14.3 Å². The van der Waals surface area contributed by atoms with Gasteiger partial charge >= 0.3 is 0 Å². The predicted molar refractivity (Wildman–Crippen MR) is 128 cm³/mol. The first-order valence-electron chi connectivity index (χ1n) is 11.2. The molecular weight excluding hydrogens is 412 g/mol. The van der Waals surface area contributed by atoms with Crippen LogP contribution < -0.4 is 4.90 Å². The number of nitrogens with zero attached hydrogens (tertiary/aromatic N) is 2. The SMILES string of the molecule is O=C(c1cccc(N(Cc2ccccc2)Cc2ccco2)c1)N1CCc2ccc(O)cc2C1. The molecule has 1 N–H and O–H groups in total. The van der Waals surface area contributed by atoms with Gasteiger partial charge in [0, 0.05) is 30.9 Å². The summed E-state index contributed by atoms with van der Waals surface area (Å²) < 4.78 is 5.60. The molecule has 5 nitrogen and oxygen atoms in total. The molecule has 0 fully saturated rings. The first kappa shape index (κ1) is 20.9. The van der Waals surface area contributed by atoms with Crippen molar-refractivity contribution >= 4 is 11.6 Å². The molecule has 0 aliphatic carbocycles. The second-order valence-electron chi connectivity index (χ2n) is 8.40. The van der Waals surface area contributed by atoms with Crippen molar-refractivity contribution in [2.45, 2.75) is 26.1 Å². The lowest BCUT2D eigenvalue weighted by atomic mass is 9.98. The van der Waals surface area contributed by atoms with E-state index in [0.717, 1.165) is 23.4 Å². The Kier molecular flexibility index (Phi) is 5.85. The van der Waals surface area contributed by atoms with Crippen LogP contribution in [0.2, 0.25) is 0 Å². The highest BCUT2D eigenvalue weighted by Crippen LogP contribution is 2.26. The number of benzene rings is 3. The number of carbonyl (C=O) groups is 1. The molecule has 1 amide bonds. The number of amides is 1. The first-order chi connectivity index (χ1) is 16.2. The maximum absolute atomic E-state index is 13.4. The Balaban J connectivity index is 1.39.